The van der Waals surface area contributed by atoms with Crippen LogP contribution in [-0.2, 0) is 12.6 Å². The van der Waals surface area contributed by atoms with E-state index in [-0.39, 0.29) is 17.2 Å². The maximum atomic E-state index is 12.7. The molecule has 0 saturated heterocycles. The van der Waals surface area contributed by atoms with Gasteiger partial charge in [0.25, 0.3) is 0 Å². The lowest BCUT2D eigenvalue weighted by Gasteiger charge is -2.16. The number of nitrogens with zero attached hydrogens (tertiary/aromatic N) is 1. The molecule has 0 fully saturated rings. The number of anilines is 1. The zero-order valence-corrected chi connectivity index (χ0v) is 9.15. The van der Waals surface area contributed by atoms with Crippen LogP contribution in [0.1, 0.15) is 41.8 Å². The van der Waals surface area contributed by atoms with Gasteiger partial charge in [-0.15, -0.1) is 0 Å². The van der Waals surface area contributed by atoms with Crippen molar-refractivity contribution in [2.45, 2.75) is 38.8 Å². The van der Waals surface area contributed by atoms with Crippen molar-refractivity contribution >= 4 is 5.69 Å². The molecule has 1 aliphatic carbocycles. The maximum absolute atomic E-state index is 12.7. The van der Waals surface area contributed by atoms with Crippen LogP contribution in [0.3, 0.4) is 0 Å². The van der Waals surface area contributed by atoms with Crippen LogP contribution in [0.5, 0.6) is 0 Å². The van der Waals surface area contributed by atoms with Crippen molar-refractivity contribution in [2.75, 3.05) is 5.73 Å². The number of halogens is 3. The molecule has 1 atom stereocenters. The average Bonchev–Trinajstić information content (AvgIpc) is 2.52. The van der Waals surface area contributed by atoms with E-state index in [1.165, 1.54) is 6.92 Å². The monoisotopic (exact) mass is 230 g/mol. The molecule has 0 radical (unpaired) electrons. The van der Waals surface area contributed by atoms with Gasteiger partial charge in [-0.25, -0.2) is 4.98 Å². The van der Waals surface area contributed by atoms with Gasteiger partial charge in [-0.1, -0.05) is 6.92 Å². The van der Waals surface area contributed by atoms with Crippen LogP contribution in [0.15, 0.2) is 0 Å². The fourth-order valence-electron chi connectivity index (χ4n) is 2.28. The molecule has 0 aromatic carbocycles. The summed E-state index contributed by atoms with van der Waals surface area (Å²) in [6, 6.07) is 0. The molecule has 5 heteroatoms. The van der Waals surface area contributed by atoms with E-state index < -0.39 is 11.9 Å². The summed E-state index contributed by atoms with van der Waals surface area (Å²) in [7, 11) is 0. The molecule has 0 saturated carbocycles. The van der Waals surface area contributed by atoms with Crippen molar-refractivity contribution in [1.29, 1.82) is 0 Å². The molecule has 0 amide bonds. The standard InChI is InChI=1S/C11H13F3N2/c1-5-3-4-7-8(5)9(15)6(2)10(16-7)11(12,13)14/h5H,3-4H2,1-2H3,(H2,15,16). The van der Waals surface area contributed by atoms with Crippen LogP contribution >= 0.6 is 0 Å². The SMILES string of the molecule is Cc1c(C(F)(F)F)nc2c(c1N)C(C)CC2. The van der Waals surface area contributed by atoms with Crippen LogP contribution in [0.4, 0.5) is 18.9 Å². The van der Waals surface area contributed by atoms with Gasteiger partial charge in [0, 0.05) is 16.9 Å². The van der Waals surface area contributed by atoms with Gasteiger partial charge >= 0.3 is 6.18 Å². The summed E-state index contributed by atoms with van der Waals surface area (Å²) in [5.41, 5.74) is 6.60. The van der Waals surface area contributed by atoms with Crippen molar-refractivity contribution in [3.63, 3.8) is 0 Å². The lowest BCUT2D eigenvalue weighted by atomic mass is 10.00. The van der Waals surface area contributed by atoms with Crippen LogP contribution < -0.4 is 5.73 Å². The Bertz CT molecular complexity index is 438. The molecule has 16 heavy (non-hydrogen) atoms. The van der Waals surface area contributed by atoms with Crippen molar-refractivity contribution in [3.8, 4) is 0 Å². The Balaban J connectivity index is 2.66. The van der Waals surface area contributed by atoms with E-state index in [0.717, 1.165) is 12.0 Å². The normalized spacial score (nSPS) is 19.9. The summed E-state index contributed by atoms with van der Waals surface area (Å²) >= 11 is 0. The number of fused-ring (bicyclic) bond motifs is 1. The Kier molecular flexibility index (Phi) is 2.36. The van der Waals surface area contributed by atoms with Crippen LogP contribution in [0, 0.1) is 6.92 Å². The van der Waals surface area contributed by atoms with E-state index in [1.807, 2.05) is 6.92 Å². The van der Waals surface area contributed by atoms with Crippen molar-refractivity contribution in [2.24, 2.45) is 0 Å². The minimum Gasteiger partial charge on any atom is -0.398 e. The quantitative estimate of drug-likeness (QED) is 0.744. The van der Waals surface area contributed by atoms with Crippen molar-refractivity contribution < 1.29 is 13.2 Å². The predicted octanol–water partition coefficient (Wildman–Crippen LogP) is 3.04. The van der Waals surface area contributed by atoms with Crippen molar-refractivity contribution in [3.05, 3.63) is 22.5 Å². The van der Waals surface area contributed by atoms with Gasteiger partial charge < -0.3 is 5.73 Å². The summed E-state index contributed by atoms with van der Waals surface area (Å²) in [5.74, 6) is 0.212. The molecule has 0 bridgehead atoms. The second-order valence-electron chi connectivity index (χ2n) is 4.30. The lowest BCUT2D eigenvalue weighted by Crippen LogP contribution is -2.15. The molecule has 2 N–H and O–H groups in total. The highest BCUT2D eigenvalue weighted by Gasteiger charge is 2.38. The summed E-state index contributed by atoms with van der Waals surface area (Å²) in [5, 5.41) is 0. The van der Waals surface area contributed by atoms with E-state index in [0.29, 0.717) is 12.1 Å². The first-order valence-electron chi connectivity index (χ1n) is 5.18. The van der Waals surface area contributed by atoms with Crippen molar-refractivity contribution in [1.82, 2.24) is 4.98 Å². The molecule has 1 aromatic rings. The molecule has 2 nitrogen and oxygen atoms in total. The first kappa shape index (κ1) is 11.2. The van der Waals surface area contributed by atoms with Gasteiger partial charge in [0.2, 0.25) is 0 Å². The summed E-state index contributed by atoms with van der Waals surface area (Å²) in [6.07, 6.45) is -3.00. The fraction of sp³-hybridized carbons (Fsp3) is 0.545. The molecule has 1 aromatic heterocycles. The number of rotatable bonds is 0. The third kappa shape index (κ3) is 1.54. The van der Waals surface area contributed by atoms with Gasteiger partial charge in [-0.2, -0.15) is 13.2 Å². The average molecular weight is 230 g/mol. The molecule has 0 spiro atoms. The zero-order chi connectivity index (χ0) is 12.1. The highest BCUT2D eigenvalue weighted by molar-refractivity contribution is 5.59. The second kappa shape index (κ2) is 3.37. The van der Waals surface area contributed by atoms with Crippen LogP contribution in [0.2, 0.25) is 0 Å². The molecule has 1 unspecified atom stereocenters. The second-order valence-corrected chi connectivity index (χ2v) is 4.30. The minimum atomic E-state index is -4.42. The minimum absolute atomic E-state index is 0.0556. The van der Waals surface area contributed by atoms with Gasteiger partial charge in [-0.3, -0.25) is 0 Å². The number of aryl methyl sites for hydroxylation is 1. The number of hydrogen-bond acceptors (Lipinski definition) is 2. The van der Waals surface area contributed by atoms with E-state index in [9.17, 15) is 13.2 Å². The number of alkyl halides is 3. The number of pyridine rings is 1. The fourth-order valence-corrected chi connectivity index (χ4v) is 2.28. The number of nitrogen functional groups attached to an aromatic ring is 1. The number of hydrogen-bond donors (Lipinski definition) is 1. The lowest BCUT2D eigenvalue weighted by molar-refractivity contribution is -0.141. The Morgan fingerprint density at radius 2 is 2.00 bits per heavy atom. The van der Waals surface area contributed by atoms with E-state index in [2.05, 4.69) is 4.98 Å². The molecule has 1 heterocycles. The van der Waals surface area contributed by atoms with Crippen LogP contribution in [-0.4, -0.2) is 4.98 Å². The molecular weight excluding hydrogens is 217 g/mol. The zero-order valence-electron chi connectivity index (χ0n) is 9.15. The van der Waals surface area contributed by atoms with Gasteiger partial charge in [0.05, 0.1) is 0 Å². The number of nitrogens with two attached hydrogens (primary N) is 1. The highest BCUT2D eigenvalue weighted by atomic mass is 19.4. The van der Waals surface area contributed by atoms with E-state index in [1.54, 1.807) is 0 Å². The Hall–Kier alpha value is -1.26. The Morgan fingerprint density at radius 1 is 1.38 bits per heavy atom. The third-order valence-corrected chi connectivity index (χ3v) is 3.18. The maximum Gasteiger partial charge on any atom is 0.433 e. The largest absolute Gasteiger partial charge is 0.433 e. The smallest absolute Gasteiger partial charge is 0.398 e. The van der Waals surface area contributed by atoms with Gasteiger partial charge in [-0.05, 0) is 31.2 Å². The Labute approximate surface area is 91.7 Å². The molecule has 1 aliphatic rings. The summed E-state index contributed by atoms with van der Waals surface area (Å²) < 4.78 is 38.0. The molecule has 0 aliphatic heterocycles. The van der Waals surface area contributed by atoms with Gasteiger partial charge in [0.1, 0.15) is 5.69 Å². The third-order valence-electron chi connectivity index (χ3n) is 3.18. The van der Waals surface area contributed by atoms with Gasteiger partial charge in [0.15, 0.2) is 0 Å². The summed E-state index contributed by atoms with van der Waals surface area (Å²) in [4.78, 5) is 3.73. The topological polar surface area (TPSA) is 38.9 Å². The molecule has 88 valence electrons. The van der Waals surface area contributed by atoms with E-state index >= 15 is 0 Å². The predicted molar refractivity (Wildman–Crippen MR) is 55.1 cm³/mol. The summed E-state index contributed by atoms with van der Waals surface area (Å²) in [6.45, 7) is 3.35. The first-order chi connectivity index (χ1) is 7.32. The highest BCUT2D eigenvalue weighted by Crippen LogP contribution is 2.41. The van der Waals surface area contributed by atoms with E-state index in [4.69, 9.17) is 5.73 Å². The first-order valence-corrected chi connectivity index (χ1v) is 5.18. The number of aromatic nitrogens is 1. The molecular formula is C11H13F3N2. The van der Waals surface area contributed by atoms with Crippen LogP contribution in [0.25, 0.3) is 0 Å². The Morgan fingerprint density at radius 3 is 2.56 bits per heavy atom. The molecule has 2 rings (SSSR count).